The van der Waals surface area contributed by atoms with E-state index in [1.54, 1.807) is 0 Å². The van der Waals surface area contributed by atoms with Gasteiger partial charge in [-0.05, 0) is 19.4 Å². The van der Waals surface area contributed by atoms with Gasteiger partial charge in [-0.25, -0.2) is 4.98 Å². The molecule has 0 amide bonds. The van der Waals surface area contributed by atoms with Crippen molar-refractivity contribution in [2.24, 2.45) is 0 Å². The van der Waals surface area contributed by atoms with Crippen LogP contribution >= 0.6 is 0 Å². The quantitative estimate of drug-likeness (QED) is 0.875. The maximum absolute atomic E-state index is 4.54. The van der Waals surface area contributed by atoms with Crippen molar-refractivity contribution in [3.8, 4) is 0 Å². The van der Waals surface area contributed by atoms with Crippen molar-refractivity contribution in [1.29, 1.82) is 0 Å². The van der Waals surface area contributed by atoms with E-state index in [9.17, 15) is 0 Å². The number of fused-ring (bicyclic) bond motifs is 1. The van der Waals surface area contributed by atoms with Crippen LogP contribution in [0.15, 0.2) is 30.6 Å². The van der Waals surface area contributed by atoms with Crippen molar-refractivity contribution in [1.82, 2.24) is 14.9 Å². The summed E-state index contributed by atoms with van der Waals surface area (Å²) in [6.45, 7) is 6.28. The van der Waals surface area contributed by atoms with Crippen LogP contribution < -0.4 is 5.32 Å². The molecule has 1 N–H and O–H groups in total. The third-order valence-electron chi connectivity index (χ3n) is 3.69. The molecule has 3 nitrogen and oxygen atoms in total. The first-order valence-electron chi connectivity index (χ1n) is 6.63. The molecule has 1 aromatic heterocycles. The lowest BCUT2D eigenvalue weighted by molar-refractivity contribution is 0.524. The van der Waals surface area contributed by atoms with Gasteiger partial charge in [0.2, 0.25) is 0 Å². The predicted molar refractivity (Wildman–Crippen MR) is 72.6 cm³/mol. The Balaban J connectivity index is 2.04. The van der Waals surface area contributed by atoms with Crippen LogP contribution in [-0.4, -0.2) is 16.1 Å². The highest BCUT2D eigenvalue weighted by Crippen LogP contribution is 2.28. The second-order valence-corrected chi connectivity index (χ2v) is 4.91. The third-order valence-corrected chi connectivity index (χ3v) is 3.69. The Labute approximate surface area is 108 Å². The predicted octanol–water partition coefficient (Wildman–Crippen LogP) is 2.45. The summed E-state index contributed by atoms with van der Waals surface area (Å²) in [7, 11) is 0. The average molecular weight is 241 g/mol. The molecule has 2 aromatic rings. The van der Waals surface area contributed by atoms with Gasteiger partial charge in [-0.3, -0.25) is 0 Å². The second kappa shape index (κ2) is 4.58. The van der Waals surface area contributed by atoms with Crippen molar-refractivity contribution < 1.29 is 0 Å². The summed E-state index contributed by atoms with van der Waals surface area (Å²) in [4.78, 5) is 4.54. The minimum Gasteiger partial charge on any atom is -0.333 e. The molecular weight excluding hydrogens is 222 g/mol. The number of aromatic nitrogens is 2. The van der Waals surface area contributed by atoms with Crippen LogP contribution in [0.3, 0.4) is 0 Å². The topological polar surface area (TPSA) is 29.9 Å². The molecule has 2 heterocycles. The van der Waals surface area contributed by atoms with Gasteiger partial charge in [0.1, 0.15) is 0 Å². The Morgan fingerprint density at radius 3 is 2.83 bits per heavy atom. The summed E-state index contributed by atoms with van der Waals surface area (Å²) in [6.07, 6.45) is 3.00. The number of benzene rings is 1. The maximum atomic E-state index is 4.54. The molecule has 1 aliphatic heterocycles. The van der Waals surface area contributed by atoms with Crippen molar-refractivity contribution >= 4 is 0 Å². The monoisotopic (exact) mass is 241 g/mol. The van der Waals surface area contributed by atoms with Crippen LogP contribution in [0.1, 0.15) is 35.5 Å². The highest BCUT2D eigenvalue weighted by atomic mass is 15.1. The van der Waals surface area contributed by atoms with Crippen molar-refractivity contribution in [2.75, 3.05) is 6.54 Å². The van der Waals surface area contributed by atoms with Crippen LogP contribution in [0, 0.1) is 6.92 Å². The fourth-order valence-corrected chi connectivity index (χ4v) is 2.68. The third kappa shape index (κ3) is 1.85. The summed E-state index contributed by atoms with van der Waals surface area (Å²) in [6, 6.07) is 9.08. The molecule has 1 aliphatic rings. The maximum Gasteiger partial charge on any atom is 0.0952 e. The van der Waals surface area contributed by atoms with E-state index in [-0.39, 0.29) is 6.04 Å². The number of nitrogens with zero attached hydrogens (tertiary/aromatic N) is 2. The smallest absolute Gasteiger partial charge is 0.0952 e. The van der Waals surface area contributed by atoms with Gasteiger partial charge in [-0.2, -0.15) is 0 Å². The number of hydrogen-bond acceptors (Lipinski definition) is 2. The van der Waals surface area contributed by atoms with E-state index in [4.69, 9.17) is 0 Å². The summed E-state index contributed by atoms with van der Waals surface area (Å²) in [5, 5.41) is 3.61. The zero-order valence-electron chi connectivity index (χ0n) is 11.0. The van der Waals surface area contributed by atoms with Gasteiger partial charge >= 0.3 is 0 Å². The molecule has 94 valence electrons. The first kappa shape index (κ1) is 11.5. The zero-order valence-corrected chi connectivity index (χ0v) is 11.0. The van der Waals surface area contributed by atoms with Crippen LogP contribution in [0.5, 0.6) is 0 Å². The number of aryl methyl sites for hydroxylation is 2. The molecule has 0 saturated heterocycles. The van der Waals surface area contributed by atoms with E-state index < -0.39 is 0 Å². The first-order valence-corrected chi connectivity index (χ1v) is 6.63. The van der Waals surface area contributed by atoms with E-state index in [0.29, 0.717) is 0 Å². The molecule has 1 atom stereocenters. The molecule has 0 aliphatic carbocycles. The minimum absolute atomic E-state index is 0.289. The lowest BCUT2D eigenvalue weighted by Crippen LogP contribution is -2.32. The number of nitrogens with one attached hydrogen (secondary N) is 1. The lowest BCUT2D eigenvalue weighted by atomic mass is 9.97. The summed E-state index contributed by atoms with van der Waals surface area (Å²) >= 11 is 0. The Bertz CT molecular complexity index is 526. The lowest BCUT2D eigenvalue weighted by Gasteiger charge is -2.26. The summed E-state index contributed by atoms with van der Waals surface area (Å²) in [5.41, 5.74) is 5.23. The van der Waals surface area contributed by atoms with Gasteiger partial charge in [0.05, 0.1) is 23.8 Å². The van der Waals surface area contributed by atoms with Gasteiger partial charge < -0.3 is 9.88 Å². The van der Waals surface area contributed by atoms with E-state index in [1.807, 2.05) is 6.33 Å². The molecule has 18 heavy (non-hydrogen) atoms. The molecule has 1 unspecified atom stereocenters. The van der Waals surface area contributed by atoms with Crippen molar-refractivity contribution in [3.05, 3.63) is 53.1 Å². The Morgan fingerprint density at radius 2 is 2.11 bits per heavy atom. The van der Waals surface area contributed by atoms with Crippen LogP contribution in [0.25, 0.3) is 0 Å². The van der Waals surface area contributed by atoms with Crippen LogP contribution in [0.2, 0.25) is 0 Å². The van der Waals surface area contributed by atoms with Gasteiger partial charge in [0, 0.05) is 19.5 Å². The first-order chi connectivity index (χ1) is 8.79. The summed E-state index contributed by atoms with van der Waals surface area (Å²) in [5.74, 6) is 0. The molecule has 3 rings (SSSR count). The molecular formula is C15H19N3. The Hall–Kier alpha value is -1.61. The summed E-state index contributed by atoms with van der Waals surface area (Å²) < 4.78 is 2.26. The number of rotatable bonds is 2. The van der Waals surface area contributed by atoms with Gasteiger partial charge in [0.15, 0.2) is 0 Å². The molecule has 0 bridgehead atoms. The van der Waals surface area contributed by atoms with E-state index >= 15 is 0 Å². The normalized spacial score (nSPS) is 18.7. The molecule has 0 fully saturated rings. The van der Waals surface area contributed by atoms with Crippen molar-refractivity contribution in [2.45, 2.75) is 32.9 Å². The standard InChI is InChI=1S/C15H19N3/c1-3-18-10-17-13-8-9-16-14(15(13)18)12-6-4-11(2)5-7-12/h4-7,10,14,16H,3,8-9H2,1-2H3. The van der Waals surface area contributed by atoms with Gasteiger partial charge in [0.25, 0.3) is 0 Å². The Morgan fingerprint density at radius 1 is 1.33 bits per heavy atom. The average Bonchev–Trinajstić information content (AvgIpc) is 2.82. The van der Waals surface area contributed by atoms with Gasteiger partial charge in [-0.1, -0.05) is 29.8 Å². The van der Waals surface area contributed by atoms with Crippen LogP contribution in [-0.2, 0) is 13.0 Å². The largest absolute Gasteiger partial charge is 0.333 e. The second-order valence-electron chi connectivity index (χ2n) is 4.91. The molecule has 0 radical (unpaired) electrons. The highest BCUT2D eigenvalue weighted by Gasteiger charge is 2.25. The SMILES string of the molecule is CCn1cnc2c1C(c1ccc(C)cc1)NCC2. The highest BCUT2D eigenvalue weighted by molar-refractivity contribution is 5.34. The molecule has 0 spiro atoms. The number of imidazole rings is 1. The Kier molecular flexibility index (Phi) is 2.92. The van der Waals surface area contributed by atoms with E-state index in [2.05, 4.69) is 53.0 Å². The van der Waals surface area contributed by atoms with Gasteiger partial charge in [-0.15, -0.1) is 0 Å². The van der Waals surface area contributed by atoms with E-state index in [0.717, 1.165) is 19.5 Å². The number of hydrogen-bond donors (Lipinski definition) is 1. The fraction of sp³-hybridized carbons (Fsp3) is 0.400. The molecule has 0 saturated carbocycles. The molecule has 1 aromatic carbocycles. The van der Waals surface area contributed by atoms with E-state index in [1.165, 1.54) is 22.5 Å². The van der Waals surface area contributed by atoms with Crippen molar-refractivity contribution in [3.63, 3.8) is 0 Å². The van der Waals surface area contributed by atoms with Crippen LogP contribution in [0.4, 0.5) is 0 Å². The zero-order chi connectivity index (χ0) is 12.5. The minimum atomic E-state index is 0.289. The fourth-order valence-electron chi connectivity index (χ4n) is 2.68. The molecule has 3 heteroatoms.